The minimum absolute atomic E-state index is 0.0624. The van der Waals surface area contributed by atoms with E-state index in [1.807, 2.05) is 11.5 Å². The monoisotopic (exact) mass is 190 g/mol. The maximum absolute atomic E-state index is 11.3. The van der Waals surface area contributed by atoms with Gasteiger partial charge in [0.05, 0.1) is 6.33 Å². The van der Waals surface area contributed by atoms with Crippen molar-refractivity contribution in [1.29, 1.82) is 0 Å². The molecular weight excluding hydrogens is 180 g/mol. The molecule has 2 rings (SSSR count). The Kier molecular flexibility index (Phi) is 1.99. The average molecular weight is 190 g/mol. The summed E-state index contributed by atoms with van der Waals surface area (Å²) in [5.41, 5.74) is 1.74. The van der Waals surface area contributed by atoms with Crippen LogP contribution in [0.15, 0.2) is 12.7 Å². The summed E-state index contributed by atoms with van der Waals surface area (Å²) in [6.45, 7) is 4.23. The van der Waals surface area contributed by atoms with Gasteiger partial charge < -0.3 is 4.57 Å². The lowest BCUT2D eigenvalue weighted by Crippen LogP contribution is -2.03. The molecule has 0 radical (unpaired) electrons. The van der Waals surface area contributed by atoms with Crippen molar-refractivity contribution in [2.75, 3.05) is 0 Å². The van der Waals surface area contributed by atoms with Crippen molar-refractivity contribution in [2.45, 2.75) is 20.4 Å². The SMILES string of the molecule is CCn1cnc2ncnc(C(C)=O)c21. The molecule has 0 saturated heterocycles. The van der Waals surface area contributed by atoms with Gasteiger partial charge in [-0.05, 0) is 6.92 Å². The number of aromatic nitrogens is 4. The number of aryl methyl sites for hydroxylation is 1. The highest BCUT2D eigenvalue weighted by atomic mass is 16.1. The van der Waals surface area contributed by atoms with Gasteiger partial charge in [-0.3, -0.25) is 4.79 Å². The first-order valence-electron chi connectivity index (χ1n) is 4.40. The fourth-order valence-electron chi connectivity index (χ4n) is 1.41. The summed E-state index contributed by atoms with van der Waals surface area (Å²) in [4.78, 5) is 23.3. The smallest absolute Gasteiger partial charge is 0.181 e. The Labute approximate surface area is 80.8 Å². The molecule has 0 spiro atoms. The van der Waals surface area contributed by atoms with Gasteiger partial charge in [-0.2, -0.15) is 0 Å². The minimum Gasteiger partial charge on any atom is -0.328 e. The summed E-state index contributed by atoms with van der Waals surface area (Å²) < 4.78 is 1.87. The number of carbonyl (C=O) groups excluding carboxylic acids is 1. The predicted octanol–water partition coefficient (Wildman–Crippen LogP) is 1.05. The number of imidazole rings is 1. The van der Waals surface area contributed by atoms with E-state index in [0.29, 0.717) is 11.3 Å². The molecule has 5 heteroatoms. The van der Waals surface area contributed by atoms with Gasteiger partial charge in [0.25, 0.3) is 0 Å². The number of hydrogen-bond donors (Lipinski definition) is 0. The van der Waals surface area contributed by atoms with E-state index in [0.717, 1.165) is 12.1 Å². The molecule has 0 fully saturated rings. The zero-order valence-electron chi connectivity index (χ0n) is 8.06. The van der Waals surface area contributed by atoms with Crippen molar-refractivity contribution >= 4 is 16.9 Å². The summed E-state index contributed by atoms with van der Waals surface area (Å²) in [5.74, 6) is -0.0624. The van der Waals surface area contributed by atoms with Crippen molar-refractivity contribution in [3.05, 3.63) is 18.3 Å². The first-order valence-corrected chi connectivity index (χ1v) is 4.40. The topological polar surface area (TPSA) is 60.7 Å². The Bertz CT molecular complexity index is 489. The lowest BCUT2D eigenvalue weighted by Gasteiger charge is -2.01. The fraction of sp³-hybridized carbons (Fsp3) is 0.333. The quantitative estimate of drug-likeness (QED) is 0.664. The van der Waals surface area contributed by atoms with E-state index < -0.39 is 0 Å². The van der Waals surface area contributed by atoms with Crippen LogP contribution >= 0.6 is 0 Å². The Balaban J connectivity index is 2.81. The Morgan fingerprint density at radius 1 is 1.43 bits per heavy atom. The number of nitrogens with zero attached hydrogens (tertiary/aromatic N) is 4. The number of Topliss-reactive ketones (excluding diaryl/α,β-unsaturated/α-hetero) is 1. The predicted molar refractivity (Wildman–Crippen MR) is 51.0 cm³/mol. The van der Waals surface area contributed by atoms with E-state index in [-0.39, 0.29) is 5.78 Å². The second-order valence-corrected chi connectivity index (χ2v) is 2.98. The maximum atomic E-state index is 11.3. The average Bonchev–Trinajstić information content (AvgIpc) is 2.59. The van der Waals surface area contributed by atoms with E-state index in [4.69, 9.17) is 0 Å². The molecule has 0 aliphatic carbocycles. The van der Waals surface area contributed by atoms with Crippen LogP contribution in [0, 0.1) is 0 Å². The van der Waals surface area contributed by atoms with Crippen molar-refractivity contribution in [3.63, 3.8) is 0 Å². The van der Waals surface area contributed by atoms with Crippen molar-refractivity contribution < 1.29 is 4.79 Å². The van der Waals surface area contributed by atoms with Crippen LogP contribution in [0.2, 0.25) is 0 Å². The highest BCUT2D eigenvalue weighted by Crippen LogP contribution is 2.13. The van der Waals surface area contributed by atoms with Gasteiger partial charge in [-0.1, -0.05) is 0 Å². The standard InChI is InChI=1S/C9H10N4O/c1-3-13-5-12-9-8(13)7(6(2)14)10-4-11-9/h4-5H,3H2,1-2H3. The van der Waals surface area contributed by atoms with Crippen LogP contribution in [0.5, 0.6) is 0 Å². The third-order valence-corrected chi connectivity index (χ3v) is 2.08. The number of fused-ring (bicyclic) bond motifs is 1. The van der Waals surface area contributed by atoms with Crippen LogP contribution in [0.1, 0.15) is 24.3 Å². The second kappa shape index (κ2) is 3.17. The van der Waals surface area contributed by atoms with Gasteiger partial charge in [-0.15, -0.1) is 0 Å². The van der Waals surface area contributed by atoms with Gasteiger partial charge in [0.1, 0.15) is 17.5 Å². The number of rotatable bonds is 2. The molecule has 72 valence electrons. The van der Waals surface area contributed by atoms with Crippen LogP contribution in [0.4, 0.5) is 0 Å². The molecule has 0 bridgehead atoms. The Morgan fingerprint density at radius 3 is 2.86 bits per heavy atom. The number of ketones is 1. The summed E-state index contributed by atoms with van der Waals surface area (Å²) in [5, 5.41) is 0. The molecule has 5 nitrogen and oxygen atoms in total. The van der Waals surface area contributed by atoms with Crippen LogP contribution in [0.25, 0.3) is 11.2 Å². The van der Waals surface area contributed by atoms with Gasteiger partial charge >= 0.3 is 0 Å². The molecule has 0 aromatic carbocycles. The molecule has 2 aromatic rings. The third kappa shape index (κ3) is 1.17. The first-order chi connectivity index (χ1) is 6.74. The molecule has 0 saturated carbocycles. The van der Waals surface area contributed by atoms with E-state index in [1.165, 1.54) is 13.3 Å². The number of hydrogen-bond acceptors (Lipinski definition) is 4. The molecule has 0 aliphatic rings. The molecule has 0 aliphatic heterocycles. The third-order valence-electron chi connectivity index (χ3n) is 2.08. The fourth-order valence-corrected chi connectivity index (χ4v) is 1.41. The van der Waals surface area contributed by atoms with Crippen LogP contribution < -0.4 is 0 Å². The van der Waals surface area contributed by atoms with Gasteiger partial charge in [0, 0.05) is 13.5 Å². The van der Waals surface area contributed by atoms with Crippen LogP contribution in [0.3, 0.4) is 0 Å². The van der Waals surface area contributed by atoms with Crippen molar-refractivity contribution in [2.24, 2.45) is 0 Å². The molecular formula is C9H10N4O. The summed E-state index contributed by atoms with van der Waals surface area (Å²) in [6.07, 6.45) is 3.04. The Hall–Kier alpha value is -1.78. The van der Waals surface area contributed by atoms with E-state index >= 15 is 0 Å². The Morgan fingerprint density at radius 2 is 2.21 bits per heavy atom. The van der Waals surface area contributed by atoms with E-state index in [9.17, 15) is 4.79 Å². The van der Waals surface area contributed by atoms with Crippen molar-refractivity contribution in [3.8, 4) is 0 Å². The number of carbonyl (C=O) groups is 1. The molecule has 0 unspecified atom stereocenters. The van der Waals surface area contributed by atoms with Crippen LogP contribution in [-0.4, -0.2) is 25.3 Å². The second-order valence-electron chi connectivity index (χ2n) is 2.98. The normalized spacial score (nSPS) is 10.7. The molecule has 0 N–H and O–H groups in total. The minimum atomic E-state index is -0.0624. The van der Waals surface area contributed by atoms with E-state index in [1.54, 1.807) is 6.33 Å². The largest absolute Gasteiger partial charge is 0.328 e. The zero-order valence-corrected chi connectivity index (χ0v) is 8.06. The lowest BCUT2D eigenvalue weighted by molar-refractivity contribution is 0.101. The molecule has 2 heterocycles. The first kappa shape index (κ1) is 8.80. The summed E-state index contributed by atoms with van der Waals surface area (Å²) in [6, 6.07) is 0. The maximum Gasteiger partial charge on any atom is 0.181 e. The van der Waals surface area contributed by atoms with Gasteiger partial charge in [-0.25, -0.2) is 15.0 Å². The summed E-state index contributed by atoms with van der Waals surface area (Å²) in [7, 11) is 0. The van der Waals surface area contributed by atoms with Gasteiger partial charge in [0.2, 0.25) is 0 Å². The highest BCUT2D eigenvalue weighted by molar-refractivity contribution is 6.02. The van der Waals surface area contributed by atoms with E-state index in [2.05, 4.69) is 15.0 Å². The summed E-state index contributed by atoms with van der Waals surface area (Å²) >= 11 is 0. The lowest BCUT2D eigenvalue weighted by atomic mass is 10.2. The van der Waals surface area contributed by atoms with Crippen LogP contribution in [-0.2, 0) is 6.54 Å². The molecule has 0 atom stereocenters. The zero-order chi connectivity index (χ0) is 10.1. The van der Waals surface area contributed by atoms with Crippen molar-refractivity contribution in [1.82, 2.24) is 19.5 Å². The molecule has 2 aromatic heterocycles. The molecule has 0 amide bonds. The highest BCUT2D eigenvalue weighted by Gasteiger charge is 2.12. The van der Waals surface area contributed by atoms with Gasteiger partial charge in [0.15, 0.2) is 11.4 Å². The molecule has 14 heavy (non-hydrogen) atoms.